The number of carbonyl (C=O) groups is 2. The standard InChI is InChI=1S/C21H23N3O4S/c25-20(22-16-6-10-18(11-7-16)24(27)28)14-29-19-12-8-17(9-13-19)23-21(26)15-4-2-1-3-5-15/h6-13,15H,1-5,14H2,(H,22,25)(H,23,26). The number of hydrogen-bond donors (Lipinski definition) is 2. The van der Waals surface area contributed by atoms with Crippen molar-refractivity contribution in [1.82, 2.24) is 0 Å². The van der Waals surface area contributed by atoms with Gasteiger partial charge in [0, 0.05) is 34.3 Å². The number of nitrogens with zero attached hydrogens (tertiary/aromatic N) is 1. The van der Waals surface area contributed by atoms with Crippen LogP contribution in [0.4, 0.5) is 17.1 Å². The summed E-state index contributed by atoms with van der Waals surface area (Å²) in [6.07, 6.45) is 5.38. The molecule has 2 amide bonds. The molecule has 7 nitrogen and oxygen atoms in total. The Morgan fingerprint density at radius 3 is 2.14 bits per heavy atom. The molecular formula is C21H23N3O4S. The first-order valence-electron chi connectivity index (χ1n) is 9.59. The summed E-state index contributed by atoms with van der Waals surface area (Å²) in [7, 11) is 0. The Bertz CT molecular complexity index is 862. The third-order valence-corrected chi connectivity index (χ3v) is 5.84. The molecular weight excluding hydrogens is 390 g/mol. The van der Waals surface area contributed by atoms with Crippen LogP contribution in [0.15, 0.2) is 53.4 Å². The van der Waals surface area contributed by atoms with Crippen molar-refractivity contribution in [2.24, 2.45) is 5.92 Å². The predicted octanol–water partition coefficient (Wildman–Crippen LogP) is 4.84. The van der Waals surface area contributed by atoms with E-state index in [9.17, 15) is 19.7 Å². The molecule has 0 heterocycles. The van der Waals surface area contributed by atoms with Crippen molar-refractivity contribution >= 4 is 40.6 Å². The van der Waals surface area contributed by atoms with Gasteiger partial charge < -0.3 is 10.6 Å². The van der Waals surface area contributed by atoms with E-state index >= 15 is 0 Å². The average Bonchev–Trinajstić information content (AvgIpc) is 2.74. The molecule has 1 aliphatic rings. The Morgan fingerprint density at radius 1 is 0.931 bits per heavy atom. The molecule has 2 aromatic carbocycles. The molecule has 0 unspecified atom stereocenters. The lowest BCUT2D eigenvalue weighted by Crippen LogP contribution is -2.24. The van der Waals surface area contributed by atoms with Gasteiger partial charge in [-0.15, -0.1) is 11.8 Å². The molecule has 0 aliphatic heterocycles. The summed E-state index contributed by atoms with van der Waals surface area (Å²) in [5.74, 6) is 0.220. The minimum Gasteiger partial charge on any atom is -0.326 e. The monoisotopic (exact) mass is 413 g/mol. The second-order valence-corrected chi connectivity index (χ2v) is 8.04. The zero-order valence-electron chi connectivity index (χ0n) is 15.9. The Morgan fingerprint density at radius 2 is 1.52 bits per heavy atom. The van der Waals surface area contributed by atoms with Gasteiger partial charge in [0.25, 0.3) is 5.69 Å². The number of carbonyl (C=O) groups excluding carboxylic acids is 2. The van der Waals surface area contributed by atoms with E-state index < -0.39 is 4.92 Å². The number of amides is 2. The topological polar surface area (TPSA) is 101 Å². The van der Waals surface area contributed by atoms with E-state index in [-0.39, 0.29) is 29.2 Å². The van der Waals surface area contributed by atoms with E-state index in [1.165, 1.54) is 42.4 Å². The maximum absolute atomic E-state index is 12.3. The summed E-state index contributed by atoms with van der Waals surface area (Å²) in [6.45, 7) is 0. The third-order valence-electron chi connectivity index (χ3n) is 4.83. The van der Waals surface area contributed by atoms with Crippen LogP contribution in [0.5, 0.6) is 0 Å². The van der Waals surface area contributed by atoms with Gasteiger partial charge in [0.1, 0.15) is 0 Å². The first kappa shape index (κ1) is 20.9. The van der Waals surface area contributed by atoms with Crippen molar-refractivity contribution in [2.45, 2.75) is 37.0 Å². The van der Waals surface area contributed by atoms with Gasteiger partial charge >= 0.3 is 0 Å². The van der Waals surface area contributed by atoms with E-state index in [1.807, 2.05) is 24.3 Å². The molecule has 29 heavy (non-hydrogen) atoms. The highest BCUT2D eigenvalue weighted by Gasteiger charge is 2.20. The van der Waals surface area contributed by atoms with Crippen LogP contribution in [0, 0.1) is 16.0 Å². The highest BCUT2D eigenvalue weighted by atomic mass is 32.2. The first-order chi connectivity index (χ1) is 14.0. The van der Waals surface area contributed by atoms with Crippen LogP contribution in [-0.2, 0) is 9.59 Å². The number of nitro groups is 1. The SMILES string of the molecule is O=C(CSc1ccc(NC(=O)C2CCCCC2)cc1)Nc1ccc([N+](=O)[O-])cc1. The quantitative estimate of drug-likeness (QED) is 0.384. The Kier molecular flexibility index (Phi) is 7.24. The lowest BCUT2D eigenvalue weighted by atomic mass is 9.88. The molecule has 0 saturated heterocycles. The molecule has 152 valence electrons. The second-order valence-electron chi connectivity index (χ2n) is 6.99. The number of rotatable bonds is 7. The minimum atomic E-state index is -0.483. The molecule has 0 atom stereocenters. The lowest BCUT2D eigenvalue weighted by Gasteiger charge is -2.20. The summed E-state index contributed by atoms with van der Waals surface area (Å²) >= 11 is 1.38. The molecule has 0 spiro atoms. The molecule has 0 aromatic heterocycles. The maximum atomic E-state index is 12.3. The highest BCUT2D eigenvalue weighted by Crippen LogP contribution is 2.26. The lowest BCUT2D eigenvalue weighted by molar-refractivity contribution is -0.384. The van der Waals surface area contributed by atoms with E-state index in [2.05, 4.69) is 10.6 Å². The summed E-state index contributed by atoms with van der Waals surface area (Å²) < 4.78 is 0. The van der Waals surface area contributed by atoms with Crippen molar-refractivity contribution in [3.8, 4) is 0 Å². The van der Waals surface area contributed by atoms with E-state index in [4.69, 9.17) is 0 Å². The van der Waals surface area contributed by atoms with Gasteiger partial charge in [0.15, 0.2) is 0 Å². The fourth-order valence-corrected chi connectivity index (χ4v) is 3.95. The summed E-state index contributed by atoms with van der Waals surface area (Å²) in [5.41, 5.74) is 1.26. The zero-order chi connectivity index (χ0) is 20.6. The maximum Gasteiger partial charge on any atom is 0.269 e. The van der Waals surface area contributed by atoms with Crippen LogP contribution in [0.2, 0.25) is 0 Å². The van der Waals surface area contributed by atoms with Crippen molar-refractivity contribution < 1.29 is 14.5 Å². The number of hydrogen-bond acceptors (Lipinski definition) is 5. The Hall–Kier alpha value is -2.87. The van der Waals surface area contributed by atoms with Crippen molar-refractivity contribution in [3.63, 3.8) is 0 Å². The molecule has 2 N–H and O–H groups in total. The van der Waals surface area contributed by atoms with Crippen LogP contribution in [0.25, 0.3) is 0 Å². The fourth-order valence-electron chi connectivity index (χ4n) is 3.26. The van der Waals surface area contributed by atoms with Crippen LogP contribution < -0.4 is 10.6 Å². The van der Waals surface area contributed by atoms with E-state index in [0.29, 0.717) is 5.69 Å². The molecule has 1 saturated carbocycles. The highest BCUT2D eigenvalue weighted by molar-refractivity contribution is 8.00. The molecule has 1 aliphatic carbocycles. The van der Waals surface area contributed by atoms with Gasteiger partial charge in [-0.2, -0.15) is 0 Å². The molecule has 8 heteroatoms. The van der Waals surface area contributed by atoms with Gasteiger partial charge in [0.2, 0.25) is 11.8 Å². The number of non-ortho nitro benzene ring substituents is 1. The first-order valence-corrected chi connectivity index (χ1v) is 10.6. The number of benzene rings is 2. The van der Waals surface area contributed by atoms with Crippen LogP contribution >= 0.6 is 11.8 Å². The van der Waals surface area contributed by atoms with Gasteiger partial charge in [-0.25, -0.2) is 0 Å². The molecule has 0 radical (unpaired) electrons. The second kappa shape index (κ2) is 10.1. The Balaban J connectivity index is 1.45. The van der Waals surface area contributed by atoms with Crippen molar-refractivity contribution in [3.05, 3.63) is 58.6 Å². The third kappa shape index (κ3) is 6.32. The molecule has 0 bridgehead atoms. The number of anilines is 2. The zero-order valence-corrected chi connectivity index (χ0v) is 16.7. The van der Waals surface area contributed by atoms with Crippen molar-refractivity contribution in [2.75, 3.05) is 16.4 Å². The Labute approximate surface area is 173 Å². The molecule has 1 fully saturated rings. The van der Waals surface area contributed by atoms with Crippen LogP contribution in [0.3, 0.4) is 0 Å². The van der Waals surface area contributed by atoms with Crippen LogP contribution in [-0.4, -0.2) is 22.5 Å². The molecule has 3 rings (SSSR count). The number of nitro benzene ring substituents is 1. The van der Waals surface area contributed by atoms with Gasteiger partial charge in [-0.3, -0.25) is 19.7 Å². The number of nitrogens with one attached hydrogen (secondary N) is 2. The van der Waals surface area contributed by atoms with Gasteiger partial charge in [0.05, 0.1) is 10.7 Å². The van der Waals surface area contributed by atoms with Crippen LogP contribution in [0.1, 0.15) is 32.1 Å². The summed E-state index contributed by atoms with van der Waals surface area (Å²) in [6, 6.07) is 13.1. The van der Waals surface area contributed by atoms with Crippen molar-refractivity contribution in [1.29, 1.82) is 0 Å². The normalized spacial score (nSPS) is 14.2. The minimum absolute atomic E-state index is 0.0203. The van der Waals surface area contributed by atoms with E-state index in [0.717, 1.165) is 36.3 Å². The predicted molar refractivity (Wildman–Crippen MR) is 114 cm³/mol. The van der Waals surface area contributed by atoms with E-state index in [1.54, 1.807) is 0 Å². The fraction of sp³-hybridized carbons (Fsp3) is 0.333. The summed E-state index contributed by atoms with van der Waals surface area (Å²) in [5, 5.41) is 16.3. The average molecular weight is 413 g/mol. The summed E-state index contributed by atoms with van der Waals surface area (Å²) in [4.78, 5) is 35.4. The largest absolute Gasteiger partial charge is 0.326 e. The molecule has 2 aromatic rings. The van der Waals surface area contributed by atoms with Gasteiger partial charge in [-0.05, 0) is 49.2 Å². The van der Waals surface area contributed by atoms with Gasteiger partial charge in [-0.1, -0.05) is 19.3 Å². The number of thioether (sulfide) groups is 1. The smallest absolute Gasteiger partial charge is 0.269 e.